The third kappa shape index (κ3) is 2.82. The van der Waals surface area contributed by atoms with Crippen LogP contribution in [0.3, 0.4) is 0 Å². The largest absolute Gasteiger partial charge is 0.332 e. The number of hydrogen-bond donors (Lipinski definition) is 0. The quantitative estimate of drug-likeness (QED) is 0.860. The number of aromatic nitrogens is 3. The molecule has 126 valence electrons. The van der Waals surface area contributed by atoms with Crippen LogP contribution < -0.4 is 0 Å². The van der Waals surface area contributed by atoms with Crippen LogP contribution in [-0.4, -0.2) is 49.6 Å². The van der Waals surface area contributed by atoms with Crippen molar-refractivity contribution in [3.05, 3.63) is 47.5 Å². The van der Waals surface area contributed by atoms with Gasteiger partial charge in [0.15, 0.2) is 5.82 Å². The highest BCUT2D eigenvalue weighted by molar-refractivity contribution is 5.82. The van der Waals surface area contributed by atoms with Crippen molar-refractivity contribution in [1.29, 1.82) is 0 Å². The molecule has 0 N–H and O–H groups in total. The van der Waals surface area contributed by atoms with Gasteiger partial charge >= 0.3 is 0 Å². The third-order valence-electron chi connectivity index (χ3n) is 5.13. The van der Waals surface area contributed by atoms with Crippen molar-refractivity contribution in [1.82, 2.24) is 24.6 Å². The summed E-state index contributed by atoms with van der Waals surface area (Å²) in [6, 6.07) is 10.4. The van der Waals surface area contributed by atoms with Crippen molar-refractivity contribution in [3.8, 4) is 0 Å². The predicted molar refractivity (Wildman–Crippen MR) is 90.1 cm³/mol. The van der Waals surface area contributed by atoms with Crippen molar-refractivity contribution in [2.75, 3.05) is 13.1 Å². The predicted octanol–water partition coefficient (Wildman–Crippen LogP) is 1.59. The molecule has 6 nitrogen and oxygen atoms in total. The number of carbonyl (C=O) groups is 1. The summed E-state index contributed by atoms with van der Waals surface area (Å²) in [5.74, 6) is 2.08. The highest BCUT2D eigenvalue weighted by atomic mass is 16.2. The van der Waals surface area contributed by atoms with Gasteiger partial charge in [-0.2, -0.15) is 0 Å². The van der Waals surface area contributed by atoms with Gasteiger partial charge in [-0.3, -0.25) is 9.69 Å². The van der Waals surface area contributed by atoms with E-state index in [2.05, 4.69) is 43.9 Å². The molecule has 1 saturated heterocycles. The molecule has 1 aromatic carbocycles. The normalized spacial score (nSPS) is 21.0. The Morgan fingerprint density at radius 1 is 1.17 bits per heavy atom. The van der Waals surface area contributed by atoms with Gasteiger partial charge in [0, 0.05) is 19.6 Å². The van der Waals surface area contributed by atoms with Crippen molar-refractivity contribution in [2.24, 2.45) is 0 Å². The van der Waals surface area contributed by atoms with E-state index in [9.17, 15) is 4.79 Å². The molecule has 1 amide bonds. The Morgan fingerprint density at radius 3 is 2.83 bits per heavy atom. The summed E-state index contributed by atoms with van der Waals surface area (Å²) in [6.07, 6.45) is 2.04. The van der Waals surface area contributed by atoms with Gasteiger partial charge in [0.25, 0.3) is 0 Å². The zero-order chi connectivity index (χ0) is 16.5. The summed E-state index contributed by atoms with van der Waals surface area (Å²) in [4.78, 5) is 17.3. The van der Waals surface area contributed by atoms with Crippen LogP contribution in [0.25, 0.3) is 0 Å². The maximum absolute atomic E-state index is 13.0. The van der Waals surface area contributed by atoms with E-state index in [4.69, 9.17) is 0 Å². The van der Waals surface area contributed by atoms with E-state index in [0.29, 0.717) is 6.54 Å². The Bertz CT molecular complexity index is 726. The molecule has 2 aromatic rings. The van der Waals surface area contributed by atoms with Gasteiger partial charge in [0.05, 0.1) is 12.6 Å². The summed E-state index contributed by atoms with van der Waals surface area (Å²) in [5.41, 5.74) is 1.27. The minimum absolute atomic E-state index is 0.000717. The molecule has 0 spiro atoms. The standard InChI is InChI=1S/C18H23N5O/c1-14-19-20-17-13-22(10-11-23(14)17)18(24)16-8-5-9-21(16)12-15-6-3-2-4-7-15/h2-4,6-7,16H,5,8-13H2,1H3. The molecule has 24 heavy (non-hydrogen) atoms. The summed E-state index contributed by atoms with van der Waals surface area (Å²) in [5, 5.41) is 8.33. The monoisotopic (exact) mass is 325 g/mol. The number of nitrogens with zero attached hydrogens (tertiary/aromatic N) is 5. The van der Waals surface area contributed by atoms with Crippen molar-refractivity contribution >= 4 is 5.91 Å². The lowest BCUT2D eigenvalue weighted by Crippen LogP contribution is -2.48. The second kappa shape index (κ2) is 6.36. The van der Waals surface area contributed by atoms with Gasteiger partial charge in [-0.15, -0.1) is 10.2 Å². The van der Waals surface area contributed by atoms with Gasteiger partial charge in [-0.25, -0.2) is 0 Å². The fourth-order valence-electron chi connectivity index (χ4n) is 3.81. The molecule has 1 unspecified atom stereocenters. The number of hydrogen-bond acceptors (Lipinski definition) is 4. The molecule has 0 aliphatic carbocycles. The lowest BCUT2D eigenvalue weighted by molar-refractivity contribution is -0.137. The first-order valence-electron chi connectivity index (χ1n) is 8.68. The van der Waals surface area contributed by atoms with Gasteiger partial charge in [-0.1, -0.05) is 30.3 Å². The number of amides is 1. The van der Waals surface area contributed by atoms with E-state index in [1.807, 2.05) is 17.9 Å². The molecule has 1 aromatic heterocycles. The first-order chi connectivity index (χ1) is 11.7. The maximum Gasteiger partial charge on any atom is 0.240 e. The SMILES string of the molecule is Cc1nnc2n1CCN(C(=O)C1CCCN1Cc1ccccc1)C2. The second-order valence-electron chi connectivity index (χ2n) is 6.69. The summed E-state index contributed by atoms with van der Waals surface area (Å²) >= 11 is 0. The van der Waals surface area contributed by atoms with Crippen LogP contribution in [0.5, 0.6) is 0 Å². The van der Waals surface area contributed by atoms with E-state index in [-0.39, 0.29) is 11.9 Å². The minimum Gasteiger partial charge on any atom is -0.332 e. The molecule has 4 rings (SSSR count). The Kier molecular flexibility index (Phi) is 4.06. The molecule has 2 aliphatic heterocycles. The first-order valence-corrected chi connectivity index (χ1v) is 8.68. The molecule has 2 aliphatic rings. The van der Waals surface area contributed by atoms with Gasteiger partial charge < -0.3 is 9.47 Å². The number of aryl methyl sites for hydroxylation is 1. The van der Waals surface area contributed by atoms with E-state index >= 15 is 0 Å². The molecule has 1 atom stereocenters. The van der Waals surface area contributed by atoms with Crippen LogP contribution >= 0.6 is 0 Å². The summed E-state index contributed by atoms with van der Waals surface area (Å²) < 4.78 is 2.11. The molecule has 0 radical (unpaired) electrons. The Morgan fingerprint density at radius 2 is 2.00 bits per heavy atom. The third-order valence-corrected chi connectivity index (χ3v) is 5.13. The van der Waals surface area contributed by atoms with Crippen LogP contribution in [0.15, 0.2) is 30.3 Å². The zero-order valence-corrected chi connectivity index (χ0v) is 14.1. The van der Waals surface area contributed by atoms with Gasteiger partial charge in [0.2, 0.25) is 5.91 Å². The van der Waals surface area contributed by atoms with E-state index in [0.717, 1.165) is 50.7 Å². The Balaban J connectivity index is 1.45. The molecule has 0 bridgehead atoms. The van der Waals surface area contributed by atoms with Gasteiger partial charge in [-0.05, 0) is 31.9 Å². The van der Waals surface area contributed by atoms with Crippen LogP contribution in [0.2, 0.25) is 0 Å². The summed E-state index contributed by atoms with van der Waals surface area (Å²) in [6.45, 7) is 5.93. The fraction of sp³-hybridized carbons (Fsp3) is 0.500. The highest BCUT2D eigenvalue weighted by Crippen LogP contribution is 2.23. The number of carbonyl (C=O) groups excluding carboxylic acids is 1. The van der Waals surface area contributed by atoms with Crippen LogP contribution in [-0.2, 0) is 24.4 Å². The lowest BCUT2D eigenvalue weighted by atomic mass is 10.1. The zero-order valence-electron chi connectivity index (χ0n) is 14.1. The van der Waals surface area contributed by atoms with Crippen LogP contribution in [0.4, 0.5) is 0 Å². The number of fused-ring (bicyclic) bond motifs is 1. The van der Waals surface area contributed by atoms with E-state index < -0.39 is 0 Å². The van der Waals surface area contributed by atoms with Crippen molar-refractivity contribution < 1.29 is 4.79 Å². The van der Waals surface area contributed by atoms with E-state index in [1.165, 1.54) is 5.56 Å². The highest BCUT2D eigenvalue weighted by Gasteiger charge is 2.35. The molecule has 6 heteroatoms. The smallest absolute Gasteiger partial charge is 0.240 e. The first kappa shape index (κ1) is 15.3. The topological polar surface area (TPSA) is 54.3 Å². The van der Waals surface area contributed by atoms with Gasteiger partial charge in [0.1, 0.15) is 5.82 Å². The number of likely N-dealkylation sites (tertiary alicyclic amines) is 1. The minimum atomic E-state index is 0.000717. The Labute approximate surface area is 142 Å². The van der Waals surface area contributed by atoms with Crippen molar-refractivity contribution in [2.45, 2.75) is 45.4 Å². The number of benzene rings is 1. The second-order valence-corrected chi connectivity index (χ2v) is 6.69. The molecule has 3 heterocycles. The van der Waals surface area contributed by atoms with Crippen LogP contribution in [0, 0.1) is 6.92 Å². The molecular formula is C18H23N5O. The molecular weight excluding hydrogens is 302 g/mol. The number of rotatable bonds is 3. The van der Waals surface area contributed by atoms with Crippen LogP contribution in [0.1, 0.15) is 30.1 Å². The van der Waals surface area contributed by atoms with E-state index in [1.54, 1.807) is 0 Å². The average molecular weight is 325 g/mol. The van der Waals surface area contributed by atoms with Crippen molar-refractivity contribution in [3.63, 3.8) is 0 Å². The maximum atomic E-state index is 13.0. The summed E-state index contributed by atoms with van der Waals surface area (Å²) in [7, 11) is 0. The lowest BCUT2D eigenvalue weighted by Gasteiger charge is -2.32. The fourth-order valence-corrected chi connectivity index (χ4v) is 3.81. The molecule has 1 fully saturated rings. The average Bonchev–Trinajstić information content (AvgIpc) is 3.22. The Hall–Kier alpha value is -2.21. The molecule has 0 saturated carbocycles.